The highest BCUT2D eigenvalue weighted by Crippen LogP contribution is 2.24. The van der Waals surface area contributed by atoms with Crippen LogP contribution in [0.5, 0.6) is 5.75 Å². The SMILES string of the molecule is COCc1cc(C(=O)N2CCc3ccccc3C2)ccc1OC. The van der Waals surface area contributed by atoms with E-state index >= 15 is 0 Å². The third-order valence-electron chi connectivity index (χ3n) is 4.25. The molecule has 1 amide bonds. The Morgan fingerprint density at radius 1 is 1.13 bits per heavy atom. The van der Waals surface area contributed by atoms with E-state index in [2.05, 4.69) is 18.2 Å². The zero-order valence-corrected chi connectivity index (χ0v) is 13.5. The van der Waals surface area contributed by atoms with Gasteiger partial charge in [-0.1, -0.05) is 24.3 Å². The second-order valence-electron chi connectivity index (χ2n) is 5.71. The Morgan fingerprint density at radius 3 is 2.65 bits per heavy atom. The molecule has 0 bridgehead atoms. The fourth-order valence-corrected chi connectivity index (χ4v) is 3.03. The molecule has 1 aliphatic heterocycles. The highest BCUT2D eigenvalue weighted by atomic mass is 16.5. The Bertz CT molecular complexity index is 712. The maximum Gasteiger partial charge on any atom is 0.254 e. The number of fused-ring (bicyclic) bond motifs is 1. The van der Waals surface area contributed by atoms with Crippen LogP contribution >= 0.6 is 0 Å². The van der Waals surface area contributed by atoms with Gasteiger partial charge in [-0.25, -0.2) is 0 Å². The molecule has 23 heavy (non-hydrogen) atoms. The molecule has 4 nitrogen and oxygen atoms in total. The molecule has 0 aromatic heterocycles. The molecular weight excluding hydrogens is 290 g/mol. The topological polar surface area (TPSA) is 38.8 Å². The highest BCUT2D eigenvalue weighted by Gasteiger charge is 2.22. The maximum atomic E-state index is 12.8. The van der Waals surface area contributed by atoms with Crippen molar-refractivity contribution in [3.8, 4) is 5.75 Å². The summed E-state index contributed by atoms with van der Waals surface area (Å²) in [6.07, 6.45) is 0.906. The summed E-state index contributed by atoms with van der Waals surface area (Å²) in [5, 5.41) is 0. The first-order valence-electron chi connectivity index (χ1n) is 7.75. The van der Waals surface area contributed by atoms with Gasteiger partial charge in [-0.3, -0.25) is 4.79 Å². The minimum Gasteiger partial charge on any atom is -0.496 e. The predicted molar refractivity (Wildman–Crippen MR) is 88.6 cm³/mol. The second kappa shape index (κ2) is 6.84. The summed E-state index contributed by atoms with van der Waals surface area (Å²) in [5.41, 5.74) is 4.14. The third kappa shape index (κ3) is 3.22. The van der Waals surface area contributed by atoms with E-state index in [4.69, 9.17) is 9.47 Å². The quantitative estimate of drug-likeness (QED) is 0.871. The zero-order chi connectivity index (χ0) is 16.2. The molecule has 2 aromatic carbocycles. The summed E-state index contributed by atoms with van der Waals surface area (Å²) >= 11 is 0. The number of ether oxygens (including phenoxy) is 2. The van der Waals surface area contributed by atoms with Crippen LogP contribution in [0, 0.1) is 0 Å². The van der Waals surface area contributed by atoms with Crippen LogP contribution in [-0.4, -0.2) is 31.6 Å². The highest BCUT2D eigenvalue weighted by molar-refractivity contribution is 5.94. The lowest BCUT2D eigenvalue weighted by Gasteiger charge is -2.29. The van der Waals surface area contributed by atoms with Gasteiger partial charge >= 0.3 is 0 Å². The Morgan fingerprint density at radius 2 is 1.91 bits per heavy atom. The molecular formula is C19H21NO3. The van der Waals surface area contributed by atoms with Crippen molar-refractivity contribution < 1.29 is 14.3 Å². The maximum absolute atomic E-state index is 12.8. The first-order valence-corrected chi connectivity index (χ1v) is 7.75. The van der Waals surface area contributed by atoms with Crippen molar-refractivity contribution in [2.24, 2.45) is 0 Å². The van der Waals surface area contributed by atoms with Gasteiger partial charge in [0.25, 0.3) is 5.91 Å². The van der Waals surface area contributed by atoms with Crippen molar-refractivity contribution in [2.45, 2.75) is 19.6 Å². The van der Waals surface area contributed by atoms with Crippen LogP contribution in [0.1, 0.15) is 27.0 Å². The number of carbonyl (C=O) groups excluding carboxylic acids is 1. The average molecular weight is 311 g/mol. The third-order valence-corrected chi connectivity index (χ3v) is 4.25. The molecule has 4 heteroatoms. The number of rotatable bonds is 4. The van der Waals surface area contributed by atoms with E-state index in [-0.39, 0.29) is 5.91 Å². The summed E-state index contributed by atoms with van der Waals surface area (Å²) < 4.78 is 10.5. The van der Waals surface area contributed by atoms with Crippen molar-refractivity contribution in [3.63, 3.8) is 0 Å². The number of carbonyl (C=O) groups is 1. The molecule has 2 aromatic rings. The zero-order valence-electron chi connectivity index (χ0n) is 13.5. The lowest BCUT2D eigenvalue weighted by molar-refractivity contribution is 0.0734. The summed E-state index contributed by atoms with van der Waals surface area (Å²) in [6, 6.07) is 13.8. The molecule has 0 saturated heterocycles. The number of benzene rings is 2. The van der Waals surface area contributed by atoms with Gasteiger partial charge in [-0.2, -0.15) is 0 Å². The first kappa shape index (κ1) is 15.6. The molecule has 0 atom stereocenters. The van der Waals surface area contributed by atoms with Crippen LogP contribution in [0.15, 0.2) is 42.5 Å². The van der Waals surface area contributed by atoms with Gasteiger partial charge in [0.1, 0.15) is 5.75 Å². The first-order chi connectivity index (χ1) is 11.2. The van der Waals surface area contributed by atoms with E-state index in [1.165, 1.54) is 11.1 Å². The molecule has 0 fully saturated rings. The number of hydrogen-bond donors (Lipinski definition) is 0. The Labute approximate surface area is 136 Å². The van der Waals surface area contributed by atoms with Crippen LogP contribution in [0.2, 0.25) is 0 Å². The molecule has 0 N–H and O–H groups in total. The van der Waals surface area contributed by atoms with Crippen molar-refractivity contribution in [3.05, 3.63) is 64.7 Å². The summed E-state index contributed by atoms with van der Waals surface area (Å²) in [4.78, 5) is 14.7. The summed E-state index contributed by atoms with van der Waals surface area (Å²) in [5.74, 6) is 0.798. The van der Waals surface area contributed by atoms with E-state index in [9.17, 15) is 4.79 Å². The molecule has 3 rings (SSSR count). The van der Waals surface area contributed by atoms with E-state index in [0.29, 0.717) is 18.7 Å². The lowest BCUT2D eigenvalue weighted by Crippen LogP contribution is -2.36. The van der Waals surface area contributed by atoms with Gasteiger partial charge in [0.05, 0.1) is 13.7 Å². The van der Waals surface area contributed by atoms with Crippen LogP contribution in [0.3, 0.4) is 0 Å². The Kier molecular flexibility index (Phi) is 4.63. The Balaban J connectivity index is 1.82. The lowest BCUT2D eigenvalue weighted by atomic mass is 9.99. The van der Waals surface area contributed by atoms with Gasteiger partial charge in [0, 0.05) is 31.3 Å². The second-order valence-corrected chi connectivity index (χ2v) is 5.71. The standard InChI is InChI=1S/C19H21NO3/c1-22-13-17-11-15(7-8-18(17)23-2)19(21)20-10-9-14-5-3-4-6-16(14)12-20/h3-8,11H,9-10,12-13H2,1-2H3. The van der Waals surface area contributed by atoms with Crippen molar-refractivity contribution in [1.29, 1.82) is 0 Å². The molecule has 1 heterocycles. The van der Waals surface area contributed by atoms with Crippen molar-refractivity contribution in [1.82, 2.24) is 4.90 Å². The average Bonchev–Trinajstić information content (AvgIpc) is 2.61. The minimum absolute atomic E-state index is 0.0551. The van der Waals surface area contributed by atoms with Crippen LogP contribution in [-0.2, 0) is 24.3 Å². The molecule has 0 radical (unpaired) electrons. The molecule has 0 unspecified atom stereocenters. The van der Waals surface area contributed by atoms with Crippen molar-refractivity contribution >= 4 is 5.91 Å². The molecule has 0 spiro atoms. The summed E-state index contributed by atoms with van der Waals surface area (Å²) in [7, 11) is 3.26. The fraction of sp³-hybridized carbons (Fsp3) is 0.316. The van der Waals surface area contributed by atoms with E-state index in [1.807, 2.05) is 29.2 Å². The fourth-order valence-electron chi connectivity index (χ4n) is 3.03. The van der Waals surface area contributed by atoms with Gasteiger partial charge in [-0.05, 0) is 35.7 Å². The number of methoxy groups -OCH3 is 2. The smallest absolute Gasteiger partial charge is 0.254 e. The molecule has 0 aliphatic carbocycles. The minimum atomic E-state index is 0.0551. The van der Waals surface area contributed by atoms with Crippen LogP contribution in [0.25, 0.3) is 0 Å². The van der Waals surface area contributed by atoms with E-state index in [1.54, 1.807) is 14.2 Å². The van der Waals surface area contributed by atoms with Gasteiger partial charge in [0.2, 0.25) is 0 Å². The van der Waals surface area contributed by atoms with Gasteiger partial charge < -0.3 is 14.4 Å². The van der Waals surface area contributed by atoms with Crippen LogP contribution in [0.4, 0.5) is 0 Å². The molecule has 0 saturated carbocycles. The summed E-state index contributed by atoms with van der Waals surface area (Å²) in [6.45, 7) is 1.84. The predicted octanol–water partition coefficient (Wildman–Crippen LogP) is 3.04. The van der Waals surface area contributed by atoms with Crippen molar-refractivity contribution in [2.75, 3.05) is 20.8 Å². The molecule has 120 valence electrons. The van der Waals surface area contributed by atoms with E-state index < -0.39 is 0 Å². The van der Waals surface area contributed by atoms with Gasteiger partial charge in [0.15, 0.2) is 0 Å². The monoisotopic (exact) mass is 311 g/mol. The largest absolute Gasteiger partial charge is 0.496 e. The Hall–Kier alpha value is -2.33. The number of amides is 1. The number of nitrogens with zero attached hydrogens (tertiary/aromatic N) is 1. The number of hydrogen-bond acceptors (Lipinski definition) is 3. The van der Waals surface area contributed by atoms with Gasteiger partial charge in [-0.15, -0.1) is 0 Å². The molecule has 1 aliphatic rings. The van der Waals surface area contributed by atoms with Crippen LogP contribution < -0.4 is 4.74 Å². The van der Waals surface area contributed by atoms with E-state index in [0.717, 1.165) is 24.3 Å². The normalized spacial score (nSPS) is 13.6.